The molecule has 3 nitrogen and oxygen atoms in total. The molecule has 0 aromatic carbocycles. The smallest absolute Gasteiger partial charge is 0.172 e. The number of likely N-dealkylation sites (N-methyl/N-ethyl adjacent to an activating group) is 1. The van der Waals surface area contributed by atoms with Gasteiger partial charge in [0.05, 0.1) is 0 Å². The third-order valence-electron chi connectivity index (χ3n) is 1.74. The molecule has 0 spiro atoms. The van der Waals surface area contributed by atoms with Gasteiger partial charge in [-0.05, 0) is 7.05 Å². The summed E-state index contributed by atoms with van der Waals surface area (Å²) in [7, 11) is 1.91. The number of ether oxygens (including phenoxy) is 2. The van der Waals surface area contributed by atoms with Crippen molar-refractivity contribution in [1.29, 1.82) is 0 Å². The maximum Gasteiger partial charge on any atom is 0.172 e. The van der Waals surface area contributed by atoms with Crippen LogP contribution in [0, 0.1) is 0 Å². The van der Waals surface area contributed by atoms with E-state index in [0.29, 0.717) is 6.61 Å². The lowest BCUT2D eigenvalue weighted by molar-refractivity contribution is 0.0933. The van der Waals surface area contributed by atoms with Crippen LogP contribution in [-0.2, 0) is 0 Å². The van der Waals surface area contributed by atoms with Crippen LogP contribution in [0.3, 0.4) is 0 Å². The molecule has 2 heterocycles. The van der Waals surface area contributed by atoms with Crippen LogP contribution in [0.15, 0.2) is 10.8 Å². The van der Waals surface area contributed by atoms with E-state index in [1.54, 1.807) is 11.3 Å². The quantitative estimate of drug-likeness (QED) is 0.748. The lowest BCUT2D eigenvalue weighted by Gasteiger charge is -2.23. The molecule has 2 rings (SSSR count). The summed E-state index contributed by atoms with van der Waals surface area (Å²) in [6, 6.07) is 0. The summed E-state index contributed by atoms with van der Waals surface area (Å²) < 4.78 is 11.1. The topological polar surface area (TPSA) is 30.5 Å². The summed E-state index contributed by atoms with van der Waals surface area (Å²) in [4.78, 5) is 0. The molecule has 0 bridgehead atoms. The van der Waals surface area contributed by atoms with Crippen molar-refractivity contribution in [3.63, 3.8) is 0 Å². The average molecular weight is 185 g/mol. The van der Waals surface area contributed by atoms with Gasteiger partial charge in [-0.3, -0.25) is 0 Å². The van der Waals surface area contributed by atoms with Gasteiger partial charge in [0.25, 0.3) is 0 Å². The fourth-order valence-electron chi connectivity index (χ4n) is 1.19. The van der Waals surface area contributed by atoms with Crippen LogP contribution in [-0.4, -0.2) is 26.3 Å². The van der Waals surface area contributed by atoms with E-state index < -0.39 is 0 Å². The molecule has 0 saturated carbocycles. The van der Waals surface area contributed by atoms with E-state index in [-0.39, 0.29) is 6.10 Å². The van der Waals surface area contributed by atoms with E-state index in [2.05, 4.69) is 5.32 Å². The molecule has 0 radical (unpaired) electrons. The Morgan fingerprint density at radius 1 is 1.58 bits per heavy atom. The molecule has 1 atom stereocenters. The second-order valence-corrected chi connectivity index (χ2v) is 3.45. The van der Waals surface area contributed by atoms with Crippen molar-refractivity contribution in [2.45, 2.75) is 6.10 Å². The lowest BCUT2D eigenvalue weighted by atomic mass is 10.3. The van der Waals surface area contributed by atoms with E-state index in [0.717, 1.165) is 18.0 Å². The van der Waals surface area contributed by atoms with E-state index in [9.17, 15) is 0 Å². The molecule has 1 N–H and O–H groups in total. The van der Waals surface area contributed by atoms with Crippen molar-refractivity contribution in [1.82, 2.24) is 5.32 Å². The molecule has 1 aromatic heterocycles. The predicted octanol–water partition coefficient (Wildman–Crippen LogP) is 1.11. The first kappa shape index (κ1) is 7.89. The zero-order chi connectivity index (χ0) is 8.39. The van der Waals surface area contributed by atoms with Gasteiger partial charge in [0.15, 0.2) is 11.5 Å². The number of rotatable bonds is 2. The average Bonchev–Trinajstić information content (AvgIpc) is 2.51. The molecule has 1 aromatic rings. The highest BCUT2D eigenvalue weighted by Gasteiger charge is 2.20. The Hall–Kier alpha value is -0.740. The number of thiophene rings is 1. The van der Waals surface area contributed by atoms with Crippen LogP contribution in [0.4, 0.5) is 0 Å². The van der Waals surface area contributed by atoms with Crippen LogP contribution in [0.2, 0.25) is 0 Å². The number of fused-ring (bicyclic) bond motifs is 1. The Labute approximate surface area is 75.3 Å². The van der Waals surface area contributed by atoms with Gasteiger partial charge in [-0.1, -0.05) is 0 Å². The van der Waals surface area contributed by atoms with Crippen molar-refractivity contribution < 1.29 is 9.47 Å². The van der Waals surface area contributed by atoms with E-state index in [4.69, 9.17) is 9.47 Å². The van der Waals surface area contributed by atoms with Crippen molar-refractivity contribution in [2.24, 2.45) is 0 Å². The van der Waals surface area contributed by atoms with Gasteiger partial charge in [-0.15, -0.1) is 11.3 Å². The third-order valence-corrected chi connectivity index (χ3v) is 2.44. The second kappa shape index (κ2) is 3.33. The lowest BCUT2D eigenvalue weighted by Crippen LogP contribution is -2.36. The number of hydrogen-bond acceptors (Lipinski definition) is 4. The van der Waals surface area contributed by atoms with Crippen molar-refractivity contribution in [3.05, 3.63) is 10.8 Å². The van der Waals surface area contributed by atoms with Crippen LogP contribution in [0.25, 0.3) is 0 Å². The predicted molar refractivity (Wildman–Crippen MR) is 48.2 cm³/mol. The number of hydrogen-bond donors (Lipinski definition) is 1. The molecule has 4 heteroatoms. The van der Waals surface area contributed by atoms with Gasteiger partial charge in [-0.2, -0.15) is 0 Å². The molecule has 0 amide bonds. The highest BCUT2D eigenvalue weighted by molar-refractivity contribution is 7.08. The third kappa shape index (κ3) is 1.40. The summed E-state index contributed by atoms with van der Waals surface area (Å²) in [6.45, 7) is 1.47. The fraction of sp³-hybridized carbons (Fsp3) is 0.500. The van der Waals surface area contributed by atoms with Crippen LogP contribution in [0.1, 0.15) is 0 Å². The van der Waals surface area contributed by atoms with E-state index >= 15 is 0 Å². The Balaban J connectivity index is 2.05. The van der Waals surface area contributed by atoms with Crippen LogP contribution < -0.4 is 14.8 Å². The molecule has 1 unspecified atom stereocenters. The summed E-state index contributed by atoms with van der Waals surface area (Å²) in [5, 5.41) is 6.99. The summed E-state index contributed by atoms with van der Waals surface area (Å²) in [5.74, 6) is 1.76. The van der Waals surface area contributed by atoms with Gasteiger partial charge >= 0.3 is 0 Å². The minimum atomic E-state index is 0.150. The Morgan fingerprint density at radius 3 is 3.25 bits per heavy atom. The molecule has 66 valence electrons. The first-order valence-corrected chi connectivity index (χ1v) is 4.84. The van der Waals surface area contributed by atoms with Gasteiger partial charge in [0.2, 0.25) is 0 Å². The van der Waals surface area contributed by atoms with Gasteiger partial charge in [-0.25, -0.2) is 0 Å². The van der Waals surface area contributed by atoms with Gasteiger partial charge in [0, 0.05) is 17.3 Å². The summed E-state index contributed by atoms with van der Waals surface area (Å²) in [6.07, 6.45) is 0.150. The normalized spacial score (nSPS) is 20.9. The monoisotopic (exact) mass is 185 g/mol. The number of nitrogens with one attached hydrogen (secondary N) is 1. The fourth-order valence-corrected chi connectivity index (χ4v) is 1.86. The molecular formula is C8H11NO2S. The Kier molecular flexibility index (Phi) is 2.19. The standard InChI is InChI=1S/C8H11NO2S/c1-9-2-6-3-10-7-4-12-5-8(7)11-6/h4-6,9H,2-3H2,1H3. The van der Waals surface area contributed by atoms with E-state index in [1.807, 2.05) is 17.8 Å². The van der Waals surface area contributed by atoms with Gasteiger partial charge in [0.1, 0.15) is 12.7 Å². The minimum absolute atomic E-state index is 0.150. The van der Waals surface area contributed by atoms with Crippen molar-refractivity contribution in [3.8, 4) is 11.5 Å². The molecule has 1 aliphatic rings. The zero-order valence-corrected chi connectivity index (χ0v) is 7.69. The highest BCUT2D eigenvalue weighted by atomic mass is 32.1. The van der Waals surface area contributed by atoms with E-state index in [1.165, 1.54) is 0 Å². The SMILES string of the molecule is CNCC1COc2cscc2O1. The molecular weight excluding hydrogens is 174 g/mol. The summed E-state index contributed by atoms with van der Waals surface area (Å²) in [5.41, 5.74) is 0. The minimum Gasteiger partial charge on any atom is -0.485 e. The zero-order valence-electron chi connectivity index (χ0n) is 6.87. The largest absolute Gasteiger partial charge is 0.485 e. The highest BCUT2D eigenvalue weighted by Crippen LogP contribution is 2.34. The first-order chi connectivity index (χ1) is 5.90. The Bertz CT molecular complexity index is 261. The second-order valence-electron chi connectivity index (χ2n) is 2.71. The Morgan fingerprint density at radius 2 is 2.42 bits per heavy atom. The summed E-state index contributed by atoms with van der Waals surface area (Å²) >= 11 is 1.61. The maximum atomic E-state index is 5.64. The molecule has 0 fully saturated rings. The van der Waals surface area contributed by atoms with Gasteiger partial charge < -0.3 is 14.8 Å². The molecule has 12 heavy (non-hydrogen) atoms. The van der Waals surface area contributed by atoms with Crippen molar-refractivity contribution in [2.75, 3.05) is 20.2 Å². The molecule has 1 aliphatic heterocycles. The van der Waals surface area contributed by atoms with Crippen LogP contribution in [0.5, 0.6) is 11.5 Å². The molecule has 0 aliphatic carbocycles. The first-order valence-electron chi connectivity index (χ1n) is 3.90. The molecule has 0 saturated heterocycles. The maximum absolute atomic E-state index is 5.64. The van der Waals surface area contributed by atoms with Crippen molar-refractivity contribution >= 4 is 11.3 Å². The van der Waals surface area contributed by atoms with Crippen LogP contribution >= 0.6 is 11.3 Å².